The third kappa shape index (κ3) is 3.78. The second kappa shape index (κ2) is 6.09. The number of aryl methyl sites for hydroxylation is 1. The van der Waals surface area contributed by atoms with Crippen LogP contribution in [0.3, 0.4) is 0 Å². The van der Waals surface area contributed by atoms with Gasteiger partial charge in [-0.2, -0.15) is 13.2 Å². The van der Waals surface area contributed by atoms with Gasteiger partial charge in [0.1, 0.15) is 5.75 Å². The summed E-state index contributed by atoms with van der Waals surface area (Å²) in [5.41, 5.74) is 0.747. The molecule has 0 unspecified atom stereocenters. The van der Waals surface area contributed by atoms with Crippen molar-refractivity contribution in [3.05, 3.63) is 64.7 Å². The van der Waals surface area contributed by atoms with Crippen molar-refractivity contribution >= 4 is 5.91 Å². The van der Waals surface area contributed by atoms with E-state index in [2.05, 4.69) is 5.32 Å². The van der Waals surface area contributed by atoms with E-state index in [4.69, 9.17) is 0 Å². The molecule has 3 nitrogen and oxygen atoms in total. The van der Waals surface area contributed by atoms with Gasteiger partial charge in [0.25, 0.3) is 5.91 Å². The molecule has 6 heteroatoms. The quantitative estimate of drug-likeness (QED) is 0.909. The predicted octanol–water partition coefficient (Wildman–Crippen LogP) is 3.65. The van der Waals surface area contributed by atoms with E-state index >= 15 is 0 Å². The Labute approximate surface area is 125 Å². The van der Waals surface area contributed by atoms with Gasteiger partial charge in [-0.05, 0) is 36.8 Å². The van der Waals surface area contributed by atoms with Gasteiger partial charge in [0.05, 0.1) is 11.1 Å². The van der Waals surface area contributed by atoms with Crippen molar-refractivity contribution in [1.29, 1.82) is 0 Å². The molecule has 0 aliphatic heterocycles. The number of carbonyl (C=O) groups is 1. The number of amides is 1. The second-order valence-electron chi connectivity index (χ2n) is 4.90. The van der Waals surface area contributed by atoms with Gasteiger partial charge in [0.2, 0.25) is 0 Å². The number of benzene rings is 2. The van der Waals surface area contributed by atoms with Gasteiger partial charge in [0, 0.05) is 6.54 Å². The molecule has 0 aliphatic rings. The minimum Gasteiger partial charge on any atom is -0.507 e. The Hall–Kier alpha value is -2.50. The maximum Gasteiger partial charge on any atom is 0.416 e. The molecule has 0 aliphatic carbocycles. The van der Waals surface area contributed by atoms with Gasteiger partial charge in [-0.3, -0.25) is 4.79 Å². The minimum absolute atomic E-state index is 0.0738. The first kappa shape index (κ1) is 15.9. The van der Waals surface area contributed by atoms with Crippen molar-refractivity contribution in [2.75, 3.05) is 0 Å². The summed E-state index contributed by atoms with van der Waals surface area (Å²) in [5, 5.41) is 12.2. The topological polar surface area (TPSA) is 49.3 Å². The van der Waals surface area contributed by atoms with Crippen molar-refractivity contribution < 1.29 is 23.1 Å². The highest BCUT2D eigenvalue weighted by atomic mass is 19.4. The Balaban J connectivity index is 2.04. The smallest absolute Gasteiger partial charge is 0.416 e. The lowest BCUT2D eigenvalue weighted by Crippen LogP contribution is -2.23. The Bertz CT molecular complexity index is 679. The van der Waals surface area contributed by atoms with Crippen LogP contribution in [0.15, 0.2) is 42.5 Å². The number of phenols is 1. The fourth-order valence-electron chi connectivity index (χ4n) is 1.92. The van der Waals surface area contributed by atoms with Crippen LogP contribution in [0, 0.1) is 6.92 Å². The molecule has 0 heterocycles. The molecule has 2 aromatic rings. The van der Waals surface area contributed by atoms with Gasteiger partial charge in [-0.15, -0.1) is 0 Å². The monoisotopic (exact) mass is 309 g/mol. The average Bonchev–Trinajstić information content (AvgIpc) is 2.47. The lowest BCUT2D eigenvalue weighted by molar-refractivity contribution is -0.137. The lowest BCUT2D eigenvalue weighted by atomic mass is 10.1. The molecule has 0 fully saturated rings. The summed E-state index contributed by atoms with van der Waals surface area (Å²) in [7, 11) is 0. The zero-order valence-electron chi connectivity index (χ0n) is 11.7. The number of hydrogen-bond acceptors (Lipinski definition) is 2. The highest BCUT2D eigenvalue weighted by molar-refractivity contribution is 5.96. The molecule has 2 N–H and O–H groups in total. The second-order valence-corrected chi connectivity index (χ2v) is 4.90. The SMILES string of the molecule is Cc1ccc(O)c(C(=O)NCc2ccc(C(F)(F)F)cc2)c1. The number of alkyl halides is 3. The van der Waals surface area contributed by atoms with Crippen LogP contribution in [-0.4, -0.2) is 11.0 Å². The molecule has 0 bridgehead atoms. The van der Waals surface area contributed by atoms with Crippen molar-refractivity contribution in [3.8, 4) is 5.75 Å². The van der Waals surface area contributed by atoms with Crippen LogP contribution in [0.2, 0.25) is 0 Å². The number of aromatic hydroxyl groups is 1. The van der Waals surface area contributed by atoms with Gasteiger partial charge < -0.3 is 10.4 Å². The third-order valence-corrected chi connectivity index (χ3v) is 3.13. The summed E-state index contributed by atoms with van der Waals surface area (Å²) in [6.07, 6.45) is -4.38. The van der Waals surface area contributed by atoms with Gasteiger partial charge >= 0.3 is 6.18 Å². The van der Waals surface area contributed by atoms with E-state index in [1.807, 2.05) is 0 Å². The number of halogens is 3. The van der Waals surface area contributed by atoms with E-state index < -0.39 is 17.6 Å². The molecular formula is C16H14F3NO2. The highest BCUT2D eigenvalue weighted by Gasteiger charge is 2.29. The molecule has 2 rings (SSSR count). The van der Waals surface area contributed by atoms with Crippen LogP contribution < -0.4 is 5.32 Å². The van der Waals surface area contributed by atoms with Crippen molar-refractivity contribution in [2.24, 2.45) is 0 Å². The summed E-state index contributed by atoms with van der Waals surface area (Å²) < 4.78 is 37.3. The van der Waals surface area contributed by atoms with Crippen LogP contribution in [0.1, 0.15) is 27.0 Å². The molecule has 0 aromatic heterocycles. The number of nitrogens with one attached hydrogen (secondary N) is 1. The molecule has 1 amide bonds. The third-order valence-electron chi connectivity index (χ3n) is 3.13. The molecule has 0 radical (unpaired) electrons. The van der Waals surface area contributed by atoms with Crippen LogP contribution in [0.4, 0.5) is 13.2 Å². The molecule has 0 saturated carbocycles. The van der Waals surface area contributed by atoms with Crippen LogP contribution in [0.5, 0.6) is 5.75 Å². The highest BCUT2D eigenvalue weighted by Crippen LogP contribution is 2.29. The molecular weight excluding hydrogens is 295 g/mol. The Morgan fingerprint density at radius 1 is 1.14 bits per heavy atom. The van der Waals surface area contributed by atoms with Crippen LogP contribution in [-0.2, 0) is 12.7 Å². The molecule has 0 saturated heterocycles. The summed E-state index contributed by atoms with van der Waals surface area (Å²) in [6.45, 7) is 1.86. The summed E-state index contributed by atoms with van der Waals surface area (Å²) in [5.74, 6) is -0.628. The fourth-order valence-corrected chi connectivity index (χ4v) is 1.92. The Kier molecular flexibility index (Phi) is 4.40. The minimum atomic E-state index is -4.38. The average molecular weight is 309 g/mol. The number of hydrogen-bond donors (Lipinski definition) is 2. The van der Waals surface area contributed by atoms with Crippen molar-refractivity contribution in [2.45, 2.75) is 19.6 Å². The predicted molar refractivity (Wildman–Crippen MR) is 75.5 cm³/mol. The molecule has 0 atom stereocenters. The summed E-state index contributed by atoms with van der Waals surface area (Å²) >= 11 is 0. The first-order valence-corrected chi connectivity index (χ1v) is 6.51. The zero-order chi connectivity index (χ0) is 16.3. The fraction of sp³-hybridized carbons (Fsp3) is 0.188. The van der Waals surface area contributed by atoms with Crippen molar-refractivity contribution in [3.63, 3.8) is 0 Å². The van der Waals surface area contributed by atoms with E-state index in [9.17, 15) is 23.1 Å². The maximum atomic E-state index is 12.4. The molecule has 22 heavy (non-hydrogen) atoms. The molecule has 0 spiro atoms. The maximum absolute atomic E-state index is 12.4. The number of carbonyl (C=O) groups excluding carboxylic acids is 1. The normalized spacial score (nSPS) is 11.3. The van der Waals surface area contributed by atoms with E-state index in [1.165, 1.54) is 24.3 Å². The summed E-state index contributed by atoms with van der Waals surface area (Å²) in [4.78, 5) is 12.0. The summed E-state index contributed by atoms with van der Waals surface area (Å²) in [6, 6.07) is 9.16. The van der Waals surface area contributed by atoms with Crippen LogP contribution >= 0.6 is 0 Å². The van der Waals surface area contributed by atoms with Gasteiger partial charge in [-0.25, -0.2) is 0 Å². The largest absolute Gasteiger partial charge is 0.507 e. The van der Waals surface area contributed by atoms with E-state index in [-0.39, 0.29) is 17.9 Å². The van der Waals surface area contributed by atoms with Gasteiger partial charge in [-0.1, -0.05) is 23.8 Å². The first-order chi connectivity index (χ1) is 10.3. The van der Waals surface area contributed by atoms with E-state index in [0.29, 0.717) is 5.56 Å². The van der Waals surface area contributed by atoms with Crippen molar-refractivity contribution in [1.82, 2.24) is 5.32 Å². The number of rotatable bonds is 3. The van der Waals surface area contributed by atoms with E-state index in [1.54, 1.807) is 13.0 Å². The van der Waals surface area contributed by atoms with Gasteiger partial charge in [0.15, 0.2) is 0 Å². The van der Waals surface area contributed by atoms with E-state index in [0.717, 1.165) is 17.7 Å². The number of phenolic OH excluding ortho intramolecular Hbond substituents is 1. The molecule has 2 aromatic carbocycles. The molecule has 116 valence electrons. The van der Waals surface area contributed by atoms with Crippen LogP contribution in [0.25, 0.3) is 0 Å². The Morgan fingerprint density at radius 2 is 1.77 bits per heavy atom. The first-order valence-electron chi connectivity index (χ1n) is 6.51. The standard InChI is InChI=1S/C16H14F3NO2/c1-10-2-7-14(21)13(8-10)15(22)20-9-11-3-5-12(6-4-11)16(17,18)19/h2-8,21H,9H2,1H3,(H,20,22). The Morgan fingerprint density at radius 3 is 2.36 bits per heavy atom. The lowest BCUT2D eigenvalue weighted by Gasteiger charge is -2.09. The zero-order valence-corrected chi connectivity index (χ0v) is 11.7.